The van der Waals surface area contributed by atoms with E-state index in [0.29, 0.717) is 40.3 Å². The molecule has 3 aromatic carbocycles. The average molecular weight is 507 g/mol. The van der Waals surface area contributed by atoms with E-state index in [4.69, 9.17) is 14.9 Å². The van der Waals surface area contributed by atoms with Crippen molar-refractivity contribution in [2.75, 3.05) is 14.2 Å². The average Bonchev–Trinajstić information content (AvgIpc) is 3.18. The highest BCUT2D eigenvalue weighted by atomic mass is 19.1. The van der Waals surface area contributed by atoms with Crippen LogP contribution in [0.25, 0.3) is 11.1 Å². The molecular weight excluding hydrogens is 478 g/mol. The molecule has 37 heavy (non-hydrogen) atoms. The van der Waals surface area contributed by atoms with Crippen LogP contribution in [-0.2, 0) is 20.1 Å². The Bertz CT molecular complexity index is 1480. The van der Waals surface area contributed by atoms with E-state index >= 15 is 0 Å². The highest BCUT2D eigenvalue weighted by Crippen LogP contribution is 2.30. The molecule has 0 saturated carbocycles. The summed E-state index contributed by atoms with van der Waals surface area (Å²) in [4.78, 5) is 13.2. The van der Waals surface area contributed by atoms with Gasteiger partial charge in [-0.1, -0.05) is 0 Å². The van der Waals surface area contributed by atoms with Gasteiger partial charge >= 0.3 is 0 Å². The molecule has 1 aromatic heterocycles. The van der Waals surface area contributed by atoms with E-state index in [1.807, 2.05) is 0 Å². The number of aryl methyl sites for hydroxylation is 2. The molecule has 4 rings (SSSR count). The van der Waals surface area contributed by atoms with Crippen LogP contribution in [0.15, 0.2) is 60.9 Å². The lowest BCUT2D eigenvalue weighted by Crippen LogP contribution is -2.24. The molecule has 1 amide bonds. The predicted octanol–water partition coefficient (Wildman–Crippen LogP) is 4.56. The number of aromatic nitrogens is 2. The fourth-order valence-corrected chi connectivity index (χ4v) is 4.23. The van der Waals surface area contributed by atoms with E-state index in [1.54, 1.807) is 86.1 Å². The number of carbonyl (C=O) groups excluding carboxylic acids is 1. The van der Waals surface area contributed by atoms with Gasteiger partial charge in [0.05, 0.1) is 20.8 Å². The van der Waals surface area contributed by atoms with Gasteiger partial charge in [0.25, 0.3) is 5.91 Å². The van der Waals surface area contributed by atoms with Crippen LogP contribution in [0.5, 0.6) is 11.5 Å². The first-order valence-electron chi connectivity index (χ1n) is 11.5. The smallest absolute Gasteiger partial charge is 0.251 e. The first kappa shape index (κ1) is 25.7. The molecule has 2 N–H and O–H groups in total. The van der Waals surface area contributed by atoms with Gasteiger partial charge in [-0.3, -0.25) is 10.2 Å². The van der Waals surface area contributed by atoms with Crippen molar-refractivity contribution in [2.45, 2.75) is 20.0 Å². The number of hydrogen-bond donors (Lipinski definition) is 2. The molecule has 9 heteroatoms. The van der Waals surface area contributed by atoms with E-state index < -0.39 is 11.6 Å². The molecular formula is C28H28F2N4O3. The van der Waals surface area contributed by atoms with Crippen LogP contribution >= 0.6 is 0 Å². The molecule has 4 aromatic rings. The first-order valence-corrected chi connectivity index (χ1v) is 11.5. The molecule has 0 aliphatic heterocycles. The number of hydrogen-bond acceptors (Lipinski definition) is 4. The number of halogens is 2. The molecule has 192 valence electrons. The molecule has 7 nitrogen and oxygen atoms in total. The first-order chi connectivity index (χ1) is 17.7. The van der Waals surface area contributed by atoms with Crippen molar-refractivity contribution >= 4 is 5.91 Å². The third-order valence-corrected chi connectivity index (χ3v) is 6.09. The maximum Gasteiger partial charge on any atom is 0.251 e. The maximum atomic E-state index is 14.9. The molecule has 1 heterocycles. The summed E-state index contributed by atoms with van der Waals surface area (Å²) in [7, 11) is 4.86. The number of carbonyl (C=O) groups is 1. The van der Waals surface area contributed by atoms with Gasteiger partial charge in [0, 0.05) is 49.2 Å². The van der Waals surface area contributed by atoms with Crippen molar-refractivity contribution in [2.24, 2.45) is 7.05 Å². The van der Waals surface area contributed by atoms with E-state index in [2.05, 4.69) is 5.32 Å². The number of nitrogens with one attached hydrogen (secondary N) is 2. The van der Waals surface area contributed by atoms with E-state index in [-0.39, 0.29) is 23.6 Å². The van der Waals surface area contributed by atoms with E-state index in [1.165, 1.54) is 6.07 Å². The van der Waals surface area contributed by atoms with Gasteiger partial charge in [0.2, 0.25) is 5.62 Å². The van der Waals surface area contributed by atoms with Crippen molar-refractivity contribution in [3.8, 4) is 22.6 Å². The van der Waals surface area contributed by atoms with Gasteiger partial charge in [-0.25, -0.2) is 8.78 Å². The van der Waals surface area contributed by atoms with Gasteiger partial charge in [-0.15, -0.1) is 0 Å². The summed E-state index contributed by atoms with van der Waals surface area (Å²) in [5.74, 6) is -0.546. The zero-order chi connectivity index (χ0) is 26.7. The second-order valence-corrected chi connectivity index (χ2v) is 8.76. The zero-order valence-electron chi connectivity index (χ0n) is 21.1. The quantitative estimate of drug-likeness (QED) is 0.368. The summed E-state index contributed by atoms with van der Waals surface area (Å²) in [6.45, 7) is 2.13. The van der Waals surface area contributed by atoms with Crippen molar-refractivity contribution in [3.63, 3.8) is 0 Å². The summed E-state index contributed by atoms with van der Waals surface area (Å²) >= 11 is 0. The summed E-state index contributed by atoms with van der Waals surface area (Å²) in [6.07, 6.45) is 3.51. The summed E-state index contributed by atoms with van der Waals surface area (Å²) in [5, 5.41) is 11.1. The van der Waals surface area contributed by atoms with Gasteiger partial charge in [-0.05, 0) is 65.6 Å². The number of ether oxygens (including phenoxy) is 2. The lowest BCUT2D eigenvalue weighted by molar-refractivity contribution is 0.0950. The molecule has 0 fully saturated rings. The summed E-state index contributed by atoms with van der Waals surface area (Å²) < 4.78 is 42.6. The van der Waals surface area contributed by atoms with Crippen LogP contribution in [0.2, 0.25) is 0 Å². The molecule has 0 bridgehead atoms. The topological polar surface area (TPSA) is 81.3 Å². The molecule has 0 spiro atoms. The molecule has 0 radical (unpaired) electrons. The largest absolute Gasteiger partial charge is 0.497 e. The monoisotopic (exact) mass is 506 g/mol. The molecule has 0 atom stereocenters. The minimum Gasteiger partial charge on any atom is -0.497 e. The number of nitrogens with zero attached hydrogens (tertiary/aromatic N) is 2. The van der Waals surface area contributed by atoms with Crippen LogP contribution < -0.4 is 20.4 Å². The highest BCUT2D eigenvalue weighted by Gasteiger charge is 2.16. The standard InChI is InChI=1S/C28H28F2N4O3/c1-17-7-22(29)13-25(30)26(17)20-8-19(16-34-6-5-33(2)28(34)31)9-21(12-20)27(35)32-15-18-10-23(36-3)14-24(11-18)37-4/h5-14,31H,15-16H2,1-4H3,(H,32,35). The Hall–Kier alpha value is -4.40. The second-order valence-electron chi connectivity index (χ2n) is 8.76. The SMILES string of the molecule is COc1cc(CNC(=O)c2cc(Cn3ccn(C)c3=N)cc(-c3c(C)cc(F)cc3F)c2)cc(OC)c1. The number of amides is 1. The Morgan fingerprint density at radius 2 is 1.65 bits per heavy atom. The summed E-state index contributed by atoms with van der Waals surface area (Å²) in [5.41, 5.74) is 3.14. The Morgan fingerprint density at radius 3 is 2.24 bits per heavy atom. The molecule has 0 aliphatic rings. The maximum absolute atomic E-state index is 14.9. The van der Waals surface area contributed by atoms with Crippen molar-refractivity contribution in [1.82, 2.24) is 14.5 Å². The Labute approximate surface area is 213 Å². The summed E-state index contributed by atoms with van der Waals surface area (Å²) in [6, 6.07) is 12.5. The fourth-order valence-electron chi connectivity index (χ4n) is 4.23. The Kier molecular flexibility index (Phi) is 7.42. The van der Waals surface area contributed by atoms with Crippen LogP contribution in [0.1, 0.15) is 27.0 Å². The van der Waals surface area contributed by atoms with Crippen molar-refractivity contribution in [1.29, 1.82) is 5.41 Å². The van der Waals surface area contributed by atoms with Gasteiger partial charge in [0.1, 0.15) is 23.1 Å². The number of methoxy groups -OCH3 is 2. The zero-order valence-corrected chi connectivity index (χ0v) is 21.1. The van der Waals surface area contributed by atoms with Gasteiger partial charge in [0.15, 0.2) is 0 Å². The lowest BCUT2D eigenvalue weighted by atomic mass is 9.95. The number of imidazole rings is 1. The third kappa shape index (κ3) is 5.72. The van der Waals surface area contributed by atoms with Crippen LogP contribution in [0, 0.1) is 24.0 Å². The minimum absolute atomic E-state index is 0.209. The highest BCUT2D eigenvalue weighted by molar-refractivity contribution is 5.96. The van der Waals surface area contributed by atoms with Gasteiger partial charge in [-0.2, -0.15) is 0 Å². The molecule has 0 aliphatic carbocycles. The van der Waals surface area contributed by atoms with Crippen LogP contribution in [-0.4, -0.2) is 29.3 Å². The second kappa shape index (κ2) is 10.7. The fraction of sp³-hybridized carbons (Fsp3) is 0.214. The number of benzene rings is 3. The molecule has 0 saturated heterocycles. The lowest BCUT2D eigenvalue weighted by Gasteiger charge is -2.14. The Morgan fingerprint density at radius 1 is 0.946 bits per heavy atom. The van der Waals surface area contributed by atoms with Crippen LogP contribution in [0.3, 0.4) is 0 Å². The number of rotatable bonds is 8. The van der Waals surface area contributed by atoms with Gasteiger partial charge < -0.3 is 23.9 Å². The van der Waals surface area contributed by atoms with Crippen LogP contribution in [0.4, 0.5) is 8.78 Å². The normalized spacial score (nSPS) is 10.9. The van der Waals surface area contributed by atoms with E-state index in [9.17, 15) is 13.6 Å². The predicted molar refractivity (Wildman–Crippen MR) is 136 cm³/mol. The minimum atomic E-state index is -0.710. The third-order valence-electron chi connectivity index (χ3n) is 6.09. The van der Waals surface area contributed by atoms with Crippen molar-refractivity contribution < 1.29 is 23.0 Å². The van der Waals surface area contributed by atoms with E-state index in [0.717, 1.165) is 11.6 Å². The van der Waals surface area contributed by atoms with Crippen molar-refractivity contribution in [3.05, 3.63) is 100 Å². The Balaban J connectivity index is 1.70. The molecule has 0 unspecified atom stereocenters.